The molecule has 5 heterocycles. The van der Waals surface area contributed by atoms with Gasteiger partial charge < -0.3 is 13.4 Å². The van der Waals surface area contributed by atoms with Gasteiger partial charge in [-0.2, -0.15) is 9.97 Å². The van der Waals surface area contributed by atoms with Crippen molar-refractivity contribution in [3.05, 3.63) is 200 Å². The van der Waals surface area contributed by atoms with Crippen LogP contribution in [0.2, 0.25) is 0 Å². The molecule has 66 heavy (non-hydrogen) atoms. The third-order valence-electron chi connectivity index (χ3n) is 13.5. The number of hydrogen-bond acceptors (Lipinski definition) is 5. The van der Waals surface area contributed by atoms with Gasteiger partial charge in [-0.1, -0.05) is 133 Å². The van der Waals surface area contributed by atoms with Gasteiger partial charge in [0.2, 0.25) is 5.95 Å². The molecule has 0 bridgehead atoms. The normalized spacial score (nSPS) is 12.2. The highest BCUT2D eigenvalue weighted by Gasteiger charge is 2.24. The Hall–Kier alpha value is -9.07. The van der Waals surface area contributed by atoms with Gasteiger partial charge in [-0.05, 0) is 88.3 Å². The zero-order chi connectivity index (χ0) is 43.0. The lowest BCUT2D eigenvalue weighted by atomic mass is 10.0. The molecular weight excluding hydrogens is 811 g/mol. The van der Waals surface area contributed by atoms with Crippen molar-refractivity contribution < 1.29 is 8.83 Å². The molecule has 0 fully saturated rings. The summed E-state index contributed by atoms with van der Waals surface area (Å²) in [6, 6.07) is 70.4. The monoisotopic (exact) mass is 843 g/mol. The van der Waals surface area contributed by atoms with Gasteiger partial charge in [0.1, 0.15) is 22.3 Å². The molecule has 15 rings (SSSR count). The summed E-state index contributed by atoms with van der Waals surface area (Å²) in [5.41, 5.74) is 9.81. The van der Waals surface area contributed by atoms with E-state index < -0.39 is 0 Å². The number of fused-ring (bicyclic) bond motifs is 14. The molecule has 15 aromatic rings. The van der Waals surface area contributed by atoms with Crippen molar-refractivity contribution in [1.29, 1.82) is 0 Å². The Morgan fingerprint density at radius 1 is 0.333 bits per heavy atom. The Bertz CT molecular complexity index is 4400. The molecule has 0 saturated heterocycles. The van der Waals surface area contributed by atoms with Crippen LogP contribution < -0.4 is 0 Å². The first-order chi connectivity index (χ1) is 32.7. The van der Waals surface area contributed by atoms with Crippen LogP contribution in [0, 0.1) is 0 Å². The molecule has 0 spiro atoms. The third kappa shape index (κ3) is 4.99. The lowest BCUT2D eigenvalue weighted by Gasteiger charge is -2.14. The molecule has 0 aliphatic heterocycles. The fraction of sp³-hybridized carbons (Fsp3) is 0. The van der Waals surface area contributed by atoms with Crippen LogP contribution in [-0.4, -0.2) is 24.1 Å². The average molecular weight is 844 g/mol. The predicted octanol–water partition coefficient (Wildman–Crippen LogP) is 15.5. The van der Waals surface area contributed by atoms with Crippen molar-refractivity contribution >= 4 is 109 Å². The van der Waals surface area contributed by atoms with Crippen LogP contribution in [0.3, 0.4) is 0 Å². The van der Waals surface area contributed by atoms with Crippen molar-refractivity contribution in [3.63, 3.8) is 0 Å². The quantitative estimate of drug-likeness (QED) is 0.176. The maximum atomic E-state index is 6.84. The minimum Gasteiger partial charge on any atom is -0.456 e. The highest BCUT2D eigenvalue weighted by Crippen LogP contribution is 2.44. The van der Waals surface area contributed by atoms with Gasteiger partial charge in [0.15, 0.2) is 11.6 Å². The molecule has 0 atom stereocenters. The van der Waals surface area contributed by atoms with Crippen LogP contribution in [0.5, 0.6) is 0 Å². The fourth-order valence-electron chi connectivity index (χ4n) is 10.6. The van der Waals surface area contributed by atoms with E-state index in [-0.39, 0.29) is 0 Å². The van der Waals surface area contributed by atoms with Gasteiger partial charge in [0.25, 0.3) is 0 Å². The van der Waals surface area contributed by atoms with Gasteiger partial charge in [-0.3, -0.25) is 4.57 Å². The summed E-state index contributed by atoms with van der Waals surface area (Å²) in [4.78, 5) is 16.2. The highest BCUT2D eigenvalue weighted by molar-refractivity contribution is 6.19. The van der Waals surface area contributed by atoms with Gasteiger partial charge in [-0.25, -0.2) is 4.98 Å². The van der Waals surface area contributed by atoms with Gasteiger partial charge >= 0.3 is 0 Å². The smallest absolute Gasteiger partial charge is 0.238 e. The van der Waals surface area contributed by atoms with E-state index in [4.69, 9.17) is 23.8 Å². The van der Waals surface area contributed by atoms with E-state index in [1.165, 1.54) is 32.3 Å². The summed E-state index contributed by atoms with van der Waals surface area (Å²) in [5.74, 6) is 1.51. The zero-order valence-electron chi connectivity index (χ0n) is 35.1. The van der Waals surface area contributed by atoms with E-state index in [0.29, 0.717) is 17.6 Å². The molecule has 306 valence electrons. The van der Waals surface area contributed by atoms with Crippen LogP contribution in [0.15, 0.2) is 209 Å². The first-order valence-corrected chi connectivity index (χ1v) is 22.2. The number of nitrogens with zero attached hydrogens (tertiary/aromatic N) is 5. The maximum absolute atomic E-state index is 6.84. The van der Waals surface area contributed by atoms with Crippen molar-refractivity contribution in [2.45, 2.75) is 0 Å². The minimum absolute atomic E-state index is 0.501. The van der Waals surface area contributed by atoms with E-state index in [1.807, 2.05) is 36.4 Å². The molecular formula is C59H33N5O2. The average Bonchev–Trinajstić information content (AvgIpc) is 4.12. The number of aromatic nitrogens is 5. The molecule has 7 nitrogen and oxygen atoms in total. The van der Waals surface area contributed by atoms with Crippen molar-refractivity contribution in [2.24, 2.45) is 0 Å². The van der Waals surface area contributed by atoms with Gasteiger partial charge in [-0.15, -0.1) is 0 Å². The predicted molar refractivity (Wildman–Crippen MR) is 269 cm³/mol. The zero-order valence-corrected chi connectivity index (χ0v) is 35.1. The Kier molecular flexibility index (Phi) is 7.10. The maximum Gasteiger partial charge on any atom is 0.238 e. The first kappa shape index (κ1) is 35.4. The number of hydrogen-bond donors (Lipinski definition) is 0. The second-order valence-corrected chi connectivity index (χ2v) is 17.2. The number of rotatable bonds is 4. The fourth-order valence-corrected chi connectivity index (χ4v) is 10.6. The molecule has 0 saturated carbocycles. The largest absolute Gasteiger partial charge is 0.456 e. The van der Waals surface area contributed by atoms with Crippen LogP contribution in [0.4, 0.5) is 0 Å². The van der Waals surface area contributed by atoms with Crippen LogP contribution in [-0.2, 0) is 0 Å². The number of benzene rings is 10. The molecule has 7 heteroatoms. The van der Waals surface area contributed by atoms with Gasteiger partial charge in [0.05, 0.1) is 38.7 Å². The van der Waals surface area contributed by atoms with Crippen LogP contribution in [0.1, 0.15) is 0 Å². The lowest BCUT2D eigenvalue weighted by Crippen LogP contribution is -2.07. The summed E-state index contributed by atoms with van der Waals surface area (Å²) in [5, 5.41) is 13.4. The minimum atomic E-state index is 0.501. The summed E-state index contributed by atoms with van der Waals surface area (Å²) in [6.45, 7) is 0. The molecule has 0 amide bonds. The number of furan rings is 2. The van der Waals surface area contributed by atoms with Crippen LogP contribution in [0.25, 0.3) is 143 Å². The lowest BCUT2D eigenvalue weighted by molar-refractivity contribution is 0.668. The van der Waals surface area contributed by atoms with Crippen molar-refractivity contribution in [2.75, 3.05) is 0 Å². The molecule has 0 radical (unpaired) electrons. The molecule has 0 N–H and O–H groups in total. The summed E-state index contributed by atoms with van der Waals surface area (Å²) in [6.07, 6.45) is 0. The first-order valence-electron chi connectivity index (χ1n) is 22.2. The van der Waals surface area contributed by atoms with Crippen LogP contribution >= 0.6 is 0 Å². The highest BCUT2D eigenvalue weighted by atomic mass is 16.3. The molecule has 5 aromatic heterocycles. The Morgan fingerprint density at radius 3 is 1.53 bits per heavy atom. The molecule has 0 aliphatic carbocycles. The second kappa shape index (κ2) is 13.2. The standard InChI is InChI=1S/C59H33N5O2/c1-3-16-36-30-49-45(28-34(36)14-1)46-29-35-15-2-4-17-37(35)31-50(46)63(49)51-32-38(33-54-55(51)43-21-8-12-27-53(43)65-54)57-60-58(44-23-13-22-42-41-20-7-11-26-52(41)66-56(42)44)62-59(61-57)64-47-24-9-5-18-39(47)40-19-6-10-25-48(40)64/h1-33H. The van der Waals surface area contributed by atoms with E-state index >= 15 is 0 Å². The SMILES string of the molecule is c1ccc2cc3c(cc2c1)c1cc2ccccc2cc1n3-c1cc(-c2nc(-c3cccc4c3oc3ccccc34)nc(-n3c4ccccc4c4ccccc43)n2)cc2oc3ccccc3c12. The third-order valence-corrected chi connectivity index (χ3v) is 13.5. The summed E-state index contributed by atoms with van der Waals surface area (Å²) < 4.78 is 18.0. The molecule has 10 aromatic carbocycles. The van der Waals surface area contributed by atoms with E-state index in [9.17, 15) is 0 Å². The Labute approximate surface area is 375 Å². The second-order valence-electron chi connectivity index (χ2n) is 17.2. The van der Waals surface area contributed by atoms with E-state index in [0.717, 1.165) is 93.5 Å². The van der Waals surface area contributed by atoms with Crippen molar-refractivity contribution in [1.82, 2.24) is 24.1 Å². The molecule has 0 unspecified atom stereocenters. The summed E-state index contributed by atoms with van der Waals surface area (Å²) in [7, 11) is 0. The van der Waals surface area contributed by atoms with Crippen molar-refractivity contribution in [3.8, 4) is 34.4 Å². The Balaban J connectivity index is 1.08. The van der Waals surface area contributed by atoms with E-state index in [2.05, 4.69) is 173 Å². The summed E-state index contributed by atoms with van der Waals surface area (Å²) >= 11 is 0. The topological polar surface area (TPSA) is 74.8 Å². The number of para-hydroxylation sites is 5. The van der Waals surface area contributed by atoms with Gasteiger partial charge in [0, 0.05) is 43.3 Å². The molecule has 0 aliphatic rings. The van der Waals surface area contributed by atoms with E-state index in [1.54, 1.807) is 0 Å². The Morgan fingerprint density at radius 2 is 0.864 bits per heavy atom.